The molecule has 1 atom stereocenters. The van der Waals surface area contributed by atoms with E-state index >= 15 is 0 Å². The second-order valence-electron chi connectivity index (χ2n) is 4.26. The molecule has 1 aliphatic rings. The minimum absolute atomic E-state index is 0.419. The molecule has 0 bridgehead atoms. The van der Waals surface area contributed by atoms with Gasteiger partial charge in [-0.3, -0.25) is 0 Å². The predicted molar refractivity (Wildman–Crippen MR) is 67.7 cm³/mol. The first-order valence-corrected chi connectivity index (χ1v) is 6.43. The maximum atomic E-state index is 5.71. The molecule has 15 heavy (non-hydrogen) atoms. The van der Waals surface area contributed by atoms with Crippen LogP contribution in [0.4, 0.5) is 5.69 Å². The van der Waals surface area contributed by atoms with Crippen molar-refractivity contribution < 1.29 is 0 Å². The normalized spacial score (nSPS) is 19.9. The lowest BCUT2D eigenvalue weighted by atomic mass is 10.0. The molecule has 0 amide bonds. The molecule has 82 valence electrons. The van der Waals surface area contributed by atoms with E-state index in [1.54, 1.807) is 0 Å². The van der Waals surface area contributed by atoms with E-state index in [2.05, 4.69) is 37.4 Å². The second-order valence-corrected chi connectivity index (χ2v) is 5.32. The molecule has 1 heterocycles. The summed E-state index contributed by atoms with van der Waals surface area (Å²) in [5.41, 5.74) is 8.42. The maximum absolute atomic E-state index is 5.71. The molecule has 0 aromatic heterocycles. The molecular weight excluding hydrogens is 204 g/mol. The summed E-state index contributed by atoms with van der Waals surface area (Å²) in [6.07, 6.45) is 0. The minimum atomic E-state index is 0.419. The van der Waals surface area contributed by atoms with Crippen LogP contribution in [0, 0.1) is 0 Å². The Morgan fingerprint density at radius 1 is 1.53 bits per heavy atom. The monoisotopic (exact) mass is 222 g/mol. The van der Waals surface area contributed by atoms with Crippen molar-refractivity contribution in [2.75, 3.05) is 17.6 Å². The Labute approximate surface area is 95.6 Å². The van der Waals surface area contributed by atoms with Crippen molar-refractivity contribution in [3.05, 3.63) is 23.8 Å². The van der Waals surface area contributed by atoms with E-state index in [1.807, 2.05) is 11.8 Å². The zero-order chi connectivity index (χ0) is 10.8. The van der Waals surface area contributed by atoms with Crippen LogP contribution in [0.1, 0.15) is 25.3 Å². The largest absolute Gasteiger partial charge is 0.379 e. The van der Waals surface area contributed by atoms with Gasteiger partial charge < -0.3 is 11.1 Å². The van der Waals surface area contributed by atoms with Gasteiger partial charge in [-0.1, -0.05) is 26.0 Å². The Hall–Kier alpha value is -0.670. The SMILES string of the molecule is CC(C)c1cccc2c1NC(CN)CS2. The fourth-order valence-corrected chi connectivity index (χ4v) is 2.96. The Morgan fingerprint density at radius 3 is 3.00 bits per heavy atom. The molecule has 1 aliphatic heterocycles. The number of nitrogens with two attached hydrogens (primary N) is 1. The zero-order valence-electron chi connectivity index (χ0n) is 9.29. The number of hydrogen-bond acceptors (Lipinski definition) is 3. The van der Waals surface area contributed by atoms with Crippen LogP contribution in [0.3, 0.4) is 0 Å². The topological polar surface area (TPSA) is 38.0 Å². The third-order valence-electron chi connectivity index (χ3n) is 2.75. The van der Waals surface area contributed by atoms with Gasteiger partial charge in [0.2, 0.25) is 0 Å². The van der Waals surface area contributed by atoms with E-state index in [1.165, 1.54) is 16.1 Å². The van der Waals surface area contributed by atoms with Gasteiger partial charge >= 0.3 is 0 Å². The van der Waals surface area contributed by atoms with Crippen molar-refractivity contribution in [2.24, 2.45) is 5.73 Å². The molecular formula is C12H18N2S. The number of rotatable bonds is 2. The van der Waals surface area contributed by atoms with Gasteiger partial charge in [0, 0.05) is 23.2 Å². The number of hydrogen-bond donors (Lipinski definition) is 2. The quantitative estimate of drug-likeness (QED) is 0.808. The van der Waals surface area contributed by atoms with Gasteiger partial charge in [0.25, 0.3) is 0 Å². The first kappa shape index (κ1) is 10.8. The summed E-state index contributed by atoms with van der Waals surface area (Å²) < 4.78 is 0. The lowest BCUT2D eigenvalue weighted by Crippen LogP contribution is -2.34. The van der Waals surface area contributed by atoms with Crippen molar-refractivity contribution in [3.63, 3.8) is 0 Å². The third-order valence-corrected chi connectivity index (χ3v) is 3.97. The molecule has 2 rings (SSSR count). The highest BCUT2D eigenvalue weighted by Crippen LogP contribution is 2.38. The number of benzene rings is 1. The standard InChI is InChI=1S/C12H18N2S/c1-8(2)10-4-3-5-11-12(10)14-9(6-13)7-15-11/h3-5,8-9,14H,6-7,13H2,1-2H3. The Bertz CT molecular complexity index is 349. The number of thioether (sulfide) groups is 1. The van der Waals surface area contributed by atoms with E-state index in [0.717, 1.165) is 5.75 Å². The van der Waals surface area contributed by atoms with Gasteiger partial charge in [0.05, 0.1) is 5.69 Å². The van der Waals surface area contributed by atoms with Gasteiger partial charge in [0.1, 0.15) is 0 Å². The highest BCUT2D eigenvalue weighted by Gasteiger charge is 2.20. The first-order chi connectivity index (χ1) is 7.22. The number of para-hydroxylation sites is 1. The van der Waals surface area contributed by atoms with E-state index in [9.17, 15) is 0 Å². The van der Waals surface area contributed by atoms with E-state index in [4.69, 9.17) is 5.73 Å². The molecule has 1 aromatic rings. The molecule has 3 heteroatoms. The van der Waals surface area contributed by atoms with Gasteiger partial charge in [-0.25, -0.2) is 0 Å². The van der Waals surface area contributed by atoms with Crippen LogP contribution in [0.15, 0.2) is 23.1 Å². The van der Waals surface area contributed by atoms with Gasteiger partial charge in [0.15, 0.2) is 0 Å². The van der Waals surface area contributed by atoms with Crippen LogP contribution in [0.5, 0.6) is 0 Å². The Kier molecular flexibility index (Phi) is 3.22. The average Bonchev–Trinajstić information content (AvgIpc) is 2.27. The molecule has 0 fully saturated rings. The second kappa shape index (κ2) is 4.45. The fourth-order valence-electron chi connectivity index (χ4n) is 1.87. The maximum Gasteiger partial charge on any atom is 0.0516 e. The van der Waals surface area contributed by atoms with Crippen molar-refractivity contribution in [2.45, 2.75) is 30.7 Å². The Morgan fingerprint density at radius 2 is 2.33 bits per heavy atom. The molecule has 0 spiro atoms. The van der Waals surface area contributed by atoms with Crippen LogP contribution in [0.25, 0.3) is 0 Å². The third kappa shape index (κ3) is 2.13. The highest BCUT2D eigenvalue weighted by atomic mass is 32.2. The lowest BCUT2D eigenvalue weighted by molar-refractivity contribution is 0.788. The summed E-state index contributed by atoms with van der Waals surface area (Å²) in [5, 5.41) is 3.55. The lowest BCUT2D eigenvalue weighted by Gasteiger charge is -2.28. The molecule has 0 radical (unpaired) electrons. The molecule has 1 aromatic carbocycles. The van der Waals surface area contributed by atoms with Crippen LogP contribution in [0.2, 0.25) is 0 Å². The number of fused-ring (bicyclic) bond motifs is 1. The van der Waals surface area contributed by atoms with Crippen LogP contribution in [-0.4, -0.2) is 18.3 Å². The Balaban J connectivity index is 2.36. The highest BCUT2D eigenvalue weighted by molar-refractivity contribution is 7.99. The summed E-state index contributed by atoms with van der Waals surface area (Å²) in [4.78, 5) is 1.37. The predicted octanol–water partition coefficient (Wildman–Crippen LogP) is 2.65. The summed E-state index contributed by atoms with van der Waals surface area (Å²) in [5.74, 6) is 1.63. The summed E-state index contributed by atoms with van der Waals surface area (Å²) in [6, 6.07) is 6.95. The van der Waals surface area contributed by atoms with Gasteiger partial charge in [-0.2, -0.15) is 0 Å². The molecule has 0 saturated heterocycles. The summed E-state index contributed by atoms with van der Waals surface area (Å²) in [6.45, 7) is 5.17. The van der Waals surface area contributed by atoms with Gasteiger partial charge in [-0.15, -0.1) is 11.8 Å². The van der Waals surface area contributed by atoms with E-state index in [0.29, 0.717) is 18.5 Å². The average molecular weight is 222 g/mol. The summed E-state index contributed by atoms with van der Waals surface area (Å²) >= 11 is 1.91. The van der Waals surface area contributed by atoms with Crippen molar-refractivity contribution in [3.8, 4) is 0 Å². The first-order valence-electron chi connectivity index (χ1n) is 5.44. The number of nitrogens with one attached hydrogen (secondary N) is 1. The molecule has 1 unspecified atom stereocenters. The zero-order valence-corrected chi connectivity index (χ0v) is 10.1. The van der Waals surface area contributed by atoms with Crippen molar-refractivity contribution in [1.82, 2.24) is 0 Å². The van der Waals surface area contributed by atoms with E-state index < -0.39 is 0 Å². The molecule has 3 N–H and O–H groups in total. The van der Waals surface area contributed by atoms with E-state index in [-0.39, 0.29) is 0 Å². The van der Waals surface area contributed by atoms with Crippen LogP contribution >= 0.6 is 11.8 Å². The van der Waals surface area contributed by atoms with Crippen molar-refractivity contribution >= 4 is 17.4 Å². The van der Waals surface area contributed by atoms with Crippen LogP contribution < -0.4 is 11.1 Å². The molecule has 0 saturated carbocycles. The minimum Gasteiger partial charge on any atom is -0.379 e. The molecule has 2 nitrogen and oxygen atoms in total. The summed E-state index contributed by atoms with van der Waals surface area (Å²) in [7, 11) is 0. The van der Waals surface area contributed by atoms with Gasteiger partial charge in [-0.05, 0) is 17.5 Å². The van der Waals surface area contributed by atoms with Crippen molar-refractivity contribution in [1.29, 1.82) is 0 Å². The molecule has 0 aliphatic carbocycles. The fraction of sp³-hybridized carbons (Fsp3) is 0.500. The smallest absolute Gasteiger partial charge is 0.0516 e. The van der Waals surface area contributed by atoms with Crippen LogP contribution in [-0.2, 0) is 0 Å². The number of anilines is 1.